The van der Waals surface area contributed by atoms with Crippen LogP contribution in [0, 0.1) is 19.3 Å². The Morgan fingerprint density at radius 2 is 1.75 bits per heavy atom. The maximum absolute atomic E-state index is 13.6. The minimum atomic E-state index is -1.29. The van der Waals surface area contributed by atoms with E-state index in [1.807, 2.05) is 32.0 Å². The number of carbonyl (C=O) groups excluding carboxylic acids is 3. The maximum Gasteiger partial charge on any atom is 0.257 e. The van der Waals surface area contributed by atoms with Gasteiger partial charge in [-0.3, -0.25) is 14.4 Å². The lowest BCUT2D eigenvalue weighted by Crippen LogP contribution is -2.39. The monoisotopic (exact) mass is 561 g/mol. The number of hydrogen-bond acceptors (Lipinski definition) is 6. The summed E-state index contributed by atoms with van der Waals surface area (Å²) in [6.07, 6.45) is 0.124. The summed E-state index contributed by atoms with van der Waals surface area (Å²) >= 11 is 6.38. The van der Waals surface area contributed by atoms with E-state index >= 15 is 0 Å². The zero-order chi connectivity index (χ0) is 29.0. The lowest BCUT2D eigenvalue weighted by Gasteiger charge is -2.24. The van der Waals surface area contributed by atoms with Crippen molar-refractivity contribution in [3.05, 3.63) is 76.8 Å². The second-order valence-corrected chi connectivity index (χ2v) is 11.0. The fourth-order valence-corrected chi connectivity index (χ4v) is 4.33. The molecule has 1 atom stereocenters. The Labute approximate surface area is 237 Å². The van der Waals surface area contributed by atoms with Gasteiger partial charge in [-0.15, -0.1) is 5.10 Å². The van der Waals surface area contributed by atoms with Gasteiger partial charge in [-0.25, -0.2) is 4.68 Å². The highest BCUT2D eigenvalue weighted by Crippen LogP contribution is 2.30. The molecule has 1 unspecified atom stereocenters. The average Bonchev–Trinajstić information content (AvgIpc) is 3.31. The lowest BCUT2D eigenvalue weighted by atomic mass is 9.86. The van der Waals surface area contributed by atoms with Crippen LogP contribution in [0.3, 0.4) is 0 Å². The molecule has 2 amide bonds. The van der Waals surface area contributed by atoms with E-state index in [1.54, 1.807) is 63.2 Å². The highest BCUT2D eigenvalue weighted by molar-refractivity contribution is 6.34. The molecule has 1 heterocycles. The molecule has 4 aromatic rings. The standard InChI is InChI=1S/C30H32ClN5O4/c1-18-10-13-25(19(2)16-18)40-15-14-26(37)32-20-11-12-21(31)23(17-20)33-29(39)27(28(38)30(3,4)5)36-24-9-7-6-8-22(24)34-35-36/h6-13,16-17,27H,14-15H2,1-5H3,(H,32,37)(H,33,39). The van der Waals surface area contributed by atoms with Crippen molar-refractivity contribution in [1.29, 1.82) is 0 Å². The first-order valence-electron chi connectivity index (χ1n) is 12.9. The van der Waals surface area contributed by atoms with Gasteiger partial charge in [-0.2, -0.15) is 0 Å². The second kappa shape index (κ2) is 11.9. The van der Waals surface area contributed by atoms with Gasteiger partial charge in [0.05, 0.1) is 29.3 Å². The fraction of sp³-hybridized carbons (Fsp3) is 0.300. The summed E-state index contributed by atoms with van der Waals surface area (Å²) < 4.78 is 7.08. The summed E-state index contributed by atoms with van der Waals surface area (Å²) in [5.74, 6) is -0.499. The van der Waals surface area contributed by atoms with Crippen molar-refractivity contribution in [2.24, 2.45) is 5.41 Å². The number of ether oxygens (including phenoxy) is 1. The van der Waals surface area contributed by atoms with Crippen LogP contribution in [-0.2, 0) is 14.4 Å². The molecule has 1 aromatic heterocycles. The van der Waals surface area contributed by atoms with Gasteiger partial charge in [0.15, 0.2) is 11.8 Å². The minimum absolute atomic E-state index is 0.124. The van der Waals surface area contributed by atoms with Crippen molar-refractivity contribution in [3.8, 4) is 5.75 Å². The van der Waals surface area contributed by atoms with E-state index in [9.17, 15) is 14.4 Å². The molecule has 4 rings (SSSR count). The summed E-state index contributed by atoms with van der Waals surface area (Å²) in [4.78, 5) is 39.6. The number of anilines is 2. The Kier molecular flexibility index (Phi) is 8.54. The molecule has 0 aliphatic carbocycles. The predicted octanol–water partition coefficient (Wildman–Crippen LogP) is 5.90. The third kappa shape index (κ3) is 6.66. The highest BCUT2D eigenvalue weighted by Gasteiger charge is 2.38. The number of ketones is 1. The highest BCUT2D eigenvalue weighted by atomic mass is 35.5. The average molecular weight is 562 g/mol. The summed E-state index contributed by atoms with van der Waals surface area (Å²) in [6.45, 7) is 9.38. The molecule has 0 radical (unpaired) electrons. The van der Waals surface area contributed by atoms with Crippen LogP contribution >= 0.6 is 11.6 Å². The van der Waals surface area contributed by atoms with Crippen LogP contribution in [0.15, 0.2) is 60.7 Å². The number of fused-ring (bicyclic) bond motifs is 1. The number of aromatic nitrogens is 3. The number of para-hydroxylation sites is 1. The van der Waals surface area contributed by atoms with E-state index in [-0.39, 0.29) is 35.4 Å². The number of Topliss-reactive ketones (excluding diaryl/α,β-unsaturated/α-hetero) is 1. The largest absolute Gasteiger partial charge is 0.493 e. The quantitative estimate of drug-likeness (QED) is 0.246. The molecule has 2 N–H and O–H groups in total. The van der Waals surface area contributed by atoms with Crippen LogP contribution in [0.25, 0.3) is 11.0 Å². The molecule has 9 nitrogen and oxygen atoms in total. The van der Waals surface area contributed by atoms with E-state index in [4.69, 9.17) is 16.3 Å². The molecule has 0 bridgehead atoms. The van der Waals surface area contributed by atoms with E-state index in [0.717, 1.165) is 16.9 Å². The predicted molar refractivity (Wildman–Crippen MR) is 156 cm³/mol. The number of nitrogens with one attached hydrogen (secondary N) is 2. The van der Waals surface area contributed by atoms with Crippen molar-refractivity contribution >= 4 is 51.6 Å². The van der Waals surface area contributed by atoms with E-state index < -0.39 is 17.4 Å². The first-order valence-corrected chi connectivity index (χ1v) is 13.3. The number of hydrogen-bond donors (Lipinski definition) is 2. The lowest BCUT2D eigenvalue weighted by molar-refractivity contribution is -0.135. The summed E-state index contributed by atoms with van der Waals surface area (Å²) in [7, 11) is 0. The zero-order valence-corrected chi connectivity index (χ0v) is 23.9. The van der Waals surface area contributed by atoms with Gasteiger partial charge in [0.25, 0.3) is 5.91 Å². The SMILES string of the molecule is Cc1ccc(OCCC(=O)Nc2ccc(Cl)c(NC(=O)C(C(=O)C(C)(C)C)n3nnc4ccccc43)c2)c(C)c1. The number of halogens is 1. The third-order valence-corrected chi connectivity index (χ3v) is 6.61. The number of amides is 2. The van der Waals surface area contributed by atoms with Crippen LogP contribution in [-0.4, -0.2) is 39.2 Å². The number of nitrogens with zero attached hydrogens (tertiary/aromatic N) is 3. The van der Waals surface area contributed by atoms with Gasteiger partial charge in [0.1, 0.15) is 11.3 Å². The molecule has 0 aliphatic rings. The molecule has 0 saturated carbocycles. The van der Waals surface area contributed by atoms with Crippen LogP contribution in [0.5, 0.6) is 5.75 Å². The fourth-order valence-electron chi connectivity index (χ4n) is 4.17. The molecule has 10 heteroatoms. The molecule has 0 aliphatic heterocycles. The van der Waals surface area contributed by atoms with Crippen LogP contribution in [0.4, 0.5) is 11.4 Å². The van der Waals surface area contributed by atoms with Crippen molar-refractivity contribution in [1.82, 2.24) is 15.0 Å². The normalized spacial score (nSPS) is 12.2. The molecule has 0 fully saturated rings. The Morgan fingerprint density at radius 1 is 1.00 bits per heavy atom. The topological polar surface area (TPSA) is 115 Å². The second-order valence-electron chi connectivity index (χ2n) is 10.6. The first-order chi connectivity index (χ1) is 18.9. The Morgan fingerprint density at radius 3 is 2.48 bits per heavy atom. The molecule has 0 spiro atoms. The van der Waals surface area contributed by atoms with E-state index in [2.05, 4.69) is 20.9 Å². The molecular formula is C30H32ClN5O4. The maximum atomic E-state index is 13.6. The van der Waals surface area contributed by atoms with Crippen molar-refractivity contribution in [3.63, 3.8) is 0 Å². The van der Waals surface area contributed by atoms with Crippen molar-refractivity contribution < 1.29 is 19.1 Å². The Hall–Kier alpha value is -4.24. The minimum Gasteiger partial charge on any atom is -0.493 e. The van der Waals surface area contributed by atoms with E-state index in [0.29, 0.717) is 16.7 Å². The zero-order valence-electron chi connectivity index (χ0n) is 23.1. The summed E-state index contributed by atoms with van der Waals surface area (Å²) in [5, 5.41) is 14.0. The van der Waals surface area contributed by atoms with Gasteiger partial charge in [-0.1, -0.05) is 67.4 Å². The molecule has 0 saturated heterocycles. The number of carbonyl (C=O) groups is 3. The molecule has 40 heavy (non-hydrogen) atoms. The first kappa shape index (κ1) is 28.8. The van der Waals surface area contributed by atoms with Crippen molar-refractivity contribution in [2.75, 3.05) is 17.2 Å². The number of aryl methyl sites for hydroxylation is 2. The Bertz CT molecular complexity index is 1570. The van der Waals surface area contributed by atoms with Crippen LogP contribution in [0.2, 0.25) is 5.02 Å². The summed E-state index contributed by atoms with van der Waals surface area (Å²) in [5.41, 5.74) is 3.08. The van der Waals surface area contributed by atoms with Gasteiger partial charge in [0, 0.05) is 11.1 Å². The van der Waals surface area contributed by atoms with E-state index in [1.165, 1.54) is 4.68 Å². The summed E-state index contributed by atoms with van der Waals surface area (Å²) in [6, 6.07) is 16.4. The Balaban J connectivity index is 1.48. The van der Waals surface area contributed by atoms with Gasteiger partial charge in [-0.05, 0) is 55.8 Å². The number of benzene rings is 3. The van der Waals surface area contributed by atoms with Crippen molar-refractivity contribution in [2.45, 2.75) is 47.1 Å². The van der Waals surface area contributed by atoms with Crippen LogP contribution < -0.4 is 15.4 Å². The van der Waals surface area contributed by atoms with Gasteiger partial charge < -0.3 is 15.4 Å². The molecule has 208 valence electrons. The smallest absolute Gasteiger partial charge is 0.257 e. The third-order valence-electron chi connectivity index (χ3n) is 6.28. The van der Waals surface area contributed by atoms with Gasteiger partial charge in [0.2, 0.25) is 5.91 Å². The molecular weight excluding hydrogens is 530 g/mol. The van der Waals surface area contributed by atoms with Crippen LogP contribution in [0.1, 0.15) is 44.4 Å². The van der Waals surface area contributed by atoms with Gasteiger partial charge >= 0.3 is 0 Å². The molecule has 3 aromatic carbocycles. The number of rotatable bonds is 9.